The van der Waals surface area contributed by atoms with E-state index < -0.39 is 12.2 Å². The van der Waals surface area contributed by atoms with Crippen molar-refractivity contribution in [2.24, 2.45) is 0 Å². The van der Waals surface area contributed by atoms with Crippen molar-refractivity contribution >= 4 is 11.4 Å². The molecule has 0 aliphatic carbocycles. The zero-order valence-electron chi connectivity index (χ0n) is 12.9. The molecule has 0 spiro atoms. The number of benzene rings is 2. The van der Waals surface area contributed by atoms with Crippen LogP contribution in [0.5, 0.6) is 0 Å². The van der Waals surface area contributed by atoms with Gasteiger partial charge in [-0.2, -0.15) is 0 Å². The molecule has 120 valence electrons. The van der Waals surface area contributed by atoms with Gasteiger partial charge in [0.1, 0.15) is 12.2 Å². The lowest BCUT2D eigenvalue weighted by Gasteiger charge is -2.41. The quantitative estimate of drug-likeness (QED) is 0.846. The molecular weight excluding hydrogens is 290 g/mol. The first-order valence-corrected chi connectivity index (χ1v) is 8.14. The van der Waals surface area contributed by atoms with Gasteiger partial charge in [-0.15, -0.1) is 0 Å². The summed E-state index contributed by atoms with van der Waals surface area (Å²) in [6.07, 6.45) is 0.255. The maximum absolute atomic E-state index is 10.6. The number of hydrogen-bond donors (Lipinski definition) is 2. The SMILES string of the molecule is O[C@H]1[C@@H](O)COC[C@@H]1N1c2ccccc2CCc2ccccc21. The third-order valence-corrected chi connectivity index (χ3v) is 4.86. The molecule has 2 aromatic rings. The van der Waals surface area contributed by atoms with Gasteiger partial charge in [0.15, 0.2) is 0 Å². The molecule has 0 amide bonds. The lowest BCUT2D eigenvalue weighted by Crippen LogP contribution is -2.55. The molecule has 1 fully saturated rings. The number of aliphatic hydroxyl groups excluding tert-OH is 2. The molecule has 0 bridgehead atoms. The summed E-state index contributed by atoms with van der Waals surface area (Å²) in [6.45, 7) is 0.593. The number of aliphatic hydroxyl groups is 2. The van der Waals surface area contributed by atoms with Gasteiger partial charge in [-0.05, 0) is 36.1 Å². The van der Waals surface area contributed by atoms with E-state index in [0.29, 0.717) is 6.61 Å². The molecule has 4 nitrogen and oxygen atoms in total. The highest BCUT2D eigenvalue weighted by Crippen LogP contribution is 2.39. The van der Waals surface area contributed by atoms with Crippen molar-refractivity contribution in [3.8, 4) is 0 Å². The van der Waals surface area contributed by atoms with Gasteiger partial charge in [-0.25, -0.2) is 0 Å². The topological polar surface area (TPSA) is 52.9 Å². The van der Waals surface area contributed by atoms with Gasteiger partial charge in [0.2, 0.25) is 0 Å². The van der Waals surface area contributed by atoms with Gasteiger partial charge in [0, 0.05) is 11.4 Å². The molecule has 4 rings (SSSR count). The predicted molar refractivity (Wildman–Crippen MR) is 89.1 cm³/mol. The predicted octanol–water partition coefficient (Wildman–Crippen LogP) is 2.04. The van der Waals surface area contributed by atoms with Gasteiger partial charge in [0.25, 0.3) is 0 Å². The molecule has 0 unspecified atom stereocenters. The molecule has 2 aliphatic heterocycles. The summed E-state index contributed by atoms with van der Waals surface area (Å²) in [5.74, 6) is 0. The number of ether oxygens (including phenoxy) is 1. The summed E-state index contributed by atoms with van der Waals surface area (Å²) >= 11 is 0. The van der Waals surface area contributed by atoms with E-state index in [2.05, 4.69) is 41.3 Å². The van der Waals surface area contributed by atoms with Crippen molar-refractivity contribution in [2.75, 3.05) is 18.1 Å². The average molecular weight is 311 g/mol. The number of para-hydroxylation sites is 2. The van der Waals surface area contributed by atoms with Crippen LogP contribution >= 0.6 is 0 Å². The number of fused-ring (bicyclic) bond motifs is 2. The van der Waals surface area contributed by atoms with Gasteiger partial charge < -0.3 is 19.8 Å². The minimum Gasteiger partial charge on any atom is -0.388 e. The standard InChI is InChI=1S/C19H21NO3/c21-18-12-23-11-17(19(18)22)20-15-7-3-1-5-13(15)9-10-14-6-2-4-8-16(14)20/h1-8,17-19,21-22H,9-12H2/t17-,18-,19+/m0/s1. The lowest BCUT2D eigenvalue weighted by molar-refractivity contribution is -0.0963. The van der Waals surface area contributed by atoms with E-state index in [-0.39, 0.29) is 12.6 Å². The van der Waals surface area contributed by atoms with Gasteiger partial charge in [0.05, 0.1) is 19.3 Å². The minimum atomic E-state index is -0.851. The highest BCUT2D eigenvalue weighted by atomic mass is 16.5. The number of rotatable bonds is 1. The van der Waals surface area contributed by atoms with Crippen LogP contribution in [0.1, 0.15) is 11.1 Å². The molecule has 2 aromatic carbocycles. The van der Waals surface area contributed by atoms with E-state index in [9.17, 15) is 10.2 Å². The molecule has 0 saturated carbocycles. The number of anilines is 2. The zero-order valence-corrected chi connectivity index (χ0v) is 12.9. The molecule has 1 saturated heterocycles. The summed E-state index contributed by atoms with van der Waals surface area (Å²) in [6, 6.07) is 16.3. The Bertz CT molecular complexity index is 655. The molecule has 4 heteroatoms. The van der Waals surface area contributed by atoms with Crippen molar-refractivity contribution < 1.29 is 14.9 Å². The maximum atomic E-state index is 10.6. The maximum Gasteiger partial charge on any atom is 0.105 e. The van der Waals surface area contributed by atoms with Crippen LogP contribution in [0.25, 0.3) is 0 Å². The fraction of sp³-hybridized carbons (Fsp3) is 0.368. The molecule has 2 N–H and O–H groups in total. The summed E-state index contributed by atoms with van der Waals surface area (Å²) in [4.78, 5) is 2.16. The molecule has 2 aliphatic rings. The van der Waals surface area contributed by atoms with E-state index in [4.69, 9.17) is 4.74 Å². The monoisotopic (exact) mass is 311 g/mol. The van der Waals surface area contributed by atoms with Crippen LogP contribution in [-0.2, 0) is 17.6 Å². The normalized spacial score (nSPS) is 27.0. The first kappa shape index (κ1) is 14.7. The van der Waals surface area contributed by atoms with Gasteiger partial charge >= 0.3 is 0 Å². The number of hydrogen-bond acceptors (Lipinski definition) is 4. The van der Waals surface area contributed by atoms with E-state index in [1.165, 1.54) is 11.1 Å². The second-order valence-corrected chi connectivity index (χ2v) is 6.29. The smallest absolute Gasteiger partial charge is 0.105 e. The van der Waals surface area contributed by atoms with Crippen LogP contribution in [0.2, 0.25) is 0 Å². The summed E-state index contributed by atoms with van der Waals surface area (Å²) in [5.41, 5.74) is 4.71. The highest BCUT2D eigenvalue weighted by molar-refractivity contribution is 5.72. The Hall–Kier alpha value is -1.88. The minimum absolute atomic E-state index is 0.189. The van der Waals surface area contributed by atoms with Crippen molar-refractivity contribution in [3.63, 3.8) is 0 Å². The van der Waals surface area contributed by atoms with Crippen LogP contribution in [0, 0.1) is 0 Å². The fourth-order valence-corrected chi connectivity index (χ4v) is 3.66. The van der Waals surface area contributed by atoms with Crippen LogP contribution in [0.3, 0.4) is 0 Å². The Morgan fingerprint density at radius 2 is 1.39 bits per heavy atom. The second-order valence-electron chi connectivity index (χ2n) is 6.29. The molecule has 23 heavy (non-hydrogen) atoms. The Morgan fingerprint density at radius 3 is 2.00 bits per heavy atom. The second kappa shape index (κ2) is 5.96. The lowest BCUT2D eigenvalue weighted by atomic mass is 9.99. The van der Waals surface area contributed by atoms with Crippen molar-refractivity contribution in [2.45, 2.75) is 31.1 Å². The molecule has 2 heterocycles. The first-order valence-electron chi connectivity index (χ1n) is 8.14. The Balaban J connectivity index is 1.86. The summed E-state index contributed by atoms with van der Waals surface area (Å²) < 4.78 is 5.54. The first-order chi connectivity index (χ1) is 11.3. The summed E-state index contributed by atoms with van der Waals surface area (Å²) in [5, 5.41) is 20.6. The molecule has 3 atom stereocenters. The zero-order chi connectivity index (χ0) is 15.8. The van der Waals surface area contributed by atoms with Crippen molar-refractivity contribution in [1.82, 2.24) is 0 Å². The van der Waals surface area contributed by atoms with Crippen LogP contribution in [-0.4, -0.2) is 41.7 Å². The van der Waals surface area contributed by atoms with Crippen molar-refractivity contribution in [1.29, 1.82) is 0 Å². The number of nitrogens with zero attached hydrogens (tertiary/aromatic N) is 1. The Kier molecular flexibility index (Phi) is 3.81. The molecule has 0 aromatic heterocycles. The highest BCUT2D eigenvalue weighted by Gasteiger charge is 2.38. The van der Waals surface area contributed by atoms with E-state index in [0.717, 1.165) is 24.2 Å². The number of aryl methyl sites for hydroxylation is 2. The Labute approximate surface area is 135 Å². The van der Waals surface area contributed by atoms with Crippen LogP contribution in [0.4, 0.5) is 11.4 Å². The van der Waals surface area contributed by atoms with Gasteiger partial charge in [-0.1, -0.05) is 36.4 Å². The summed E-state index contributed by atoms with van der Waals surface area (Å²) in [7, 11) is 0. The average Bonchev–Trinajstić information content (AvgIpc) is 2.75. The Morgan fingerprint density at radius 1 is 0.826 bits per heavy atom. The molecular formula is C19H21NO3. The van der Waals surface area contributed by atoms with E-state index in [1.807, 2.05) is 12.1 Å². The largest absolute Gasteiger partial charge is 0.388 e. The van der Waals surface area contributed by atoms with Crippen LogP contribution in [0.15, 0.2) is 48.5 Å². The third kappa shape index (κ3) is 2.53. The fourth-order valence-electron chi connectivity index (χ4n) is 3.66. The van der Waals surface area contributed by atoms with Gasteiger partial charge in [-0.3, -0.25) is 0 Å². The van der Waals surface area contributed by atoms with E-state index >= 15 is 0 Å². The van der Waals surface area contributed by atoms with Crippen molar-refractivity contribution in [3.05, 3.63) is 59.7 Å². The molecule has 0 radical (unpaired) electrons. The third-order valence-electron chi connectivity index (χ3n) is 4.86. The van der Waals surface area contributed by atoms with Crippen LogP contribution < -0.4 is 4.90 Å². The van der Waals surface area contributed by atoms with E-state index in [1.54, 1.807) is 0 Å².